The SMILES string of the molecule is CC(O)CCCNC(=O)c1cc(I)ccc1Br. The number of aliphatic hydroxyl groups is 1. The first-order chi connectivity index (χ1) is 8.00. The van der Waals surface area contributed by atoms with E-state index in [4.69, 9.17) is 5.11 Å². The maximum Gasteiger partial charge on any atom is 0.252 e. The number of amides is 1. The average molecular weight is 412 g/mol. The van der Waals surface area contributed by atoms with Gasteiger partial charge in [0.15, 0.2) is 0 Å². The molecule has 1 aromatic rings. The Balaban J connectivity index is 2.49. The van der Waals surface area contributed by atoms with Crippen LogP contribution in [0.25, 0.3) is 0 Å². The fraction of sp³-hybridized carbons (Fsp3) is 0.417. The van der Waals surface area contributed by atoms with Crippen LogP contribution in [-0.2, 0) is 0 Å². The summed E-state index contributed by atoms with van der Waals surface area (Å²) >= 11 is 5.53. The van der Waals surface area contributed by atoms with Gasteiger partial charge in [-0.05, 0) is 76.5 Å². The molecule has 1 unspecified atom stereocenters. The van der Waals surface area contributed by atoms with Crippen molar-refractivity contribution in [3.05, 3.63) is 31.8 Å². The van der Waals surface area contributed by atoms with Crippen molar-refractivity contribution < 1.29 is 9.90 Å². The molecule has 5 heteroatoms. The first kappa shape index (κ1) is 14.9. The van der Waals surface area contributed by atoms with Crippen molar-refractivity contribution >= 4 is 44.4 Å². The molecular formula is C12H15BrINO2. The molecule has 0 aliphatic heterocycles. The van der Waals surface area contributed by atoms with E-state index in [-0.39, 0.29) is 12.0 Å². The molecule has 0 bridgehead atoms. The van der Waals surface area contributed by atoms with Gasteiger partial charge in [0, 0.05) is 14.6 Å². The maximum atomic E-state index is 11.9. The van der Waals surface area contributed by atoms with E-state index >= 15 is 0 Å². The number of nitrogens with one attached hydrogen (secondary N) is 1. The van der Waals surface area contributed by atoms with E-state index < -0.39 is 0 Å². The number of benzene rings is 1. The van der Waals surface area contributed by atoms with Gasteiger partial charge in [-0.3, -0.25) is 4.79 Å². The average Bonchev–Trinajstić information content (AvgIpc) is 2.27. The smallest absolute Gasteiger partial charge is 0.252 e. The van der Waals surface area contributed by atoms with Crippen LogP contribution in [0.4, 0.5) is 0 Å². The van der Waals surface area contributed by atoms with Crippen LogP contribution in [0.2, 0.25) is 0 Å². The number of carbonyl (C=O) groups excluding carboxylic acids is 1. The highest BCUT2D eigenvalue weighted by Crippen LogP contribution is 2.19. The number of hydrogen-bond donors (Lipinski definition) is 2. The zero-order valence-corrected chi connectivity index (χ0v) is 13.3. The third kappa shape index (κ3) is 5.35. The van der Waals surface area contributed by atoms with E-state index in [1.54, 1.807) is 6.92 Å². The minimum Gasteiger partial charge on any atom is -0.393 e. The zero-order chi connectivity index (χ0) is 12.8. The lowest BCUT2D eigenvalue weighted by molar-refractivity contribution is 0.0949. The predicted octanol–water partition coefficient (Wildman–Crippen LogP) is 2.94. The molecule has 0 radical (unpaired) electrons. The van der Waals surface area contributed by atoms with Crippen LogP contribution in [0.1, 0.15) is 30.1 Å². The lowest BCUT2D eigenvalue weighted by Crippen LogP contribution is -2.25. The molecule has 0 aliphatic carbocycles. The molecule has 0 saturated heterocycles. The summed E-state index contributed by atoms with van der Waals surface area (Å²) < 4.78 is 1.82. The highest BCUT2D eigenvalue weighted by atomic mass is 127. The minimum atomic E-state index is -0.309. The molecule has 0 aliphatic rings. The molecule has 0 saturated carbocycles. The lowest BCUT2D eigenvalue weighted by atomic mass is 10.2. The van der Waals surface area contributed by atoms with Gasteiger partial charge >= 0.3 is 0 Å². The van der Waals surface area contributed by atoms with E-state index in [0.717, 1.165) is 14.5 Å². The van der Waals surface area contributed by atoms with Crippen LogP contribution in [-0.4, -0.2) is 23.7 Å². The second-order valence-electron chi connectivity index (χ2n) is 3.87. The molecule has 1 atom stereocenters. The molecule has 17 heavy (non-hydrogen) atoms. The monoisotopic (exact) mass is 411 g/mol. The molecule has 1 rings (SSSR count). The van der Waals surface area contributed by atoms with Crippen molar-refractivity contribution in [1.82, 2.24) is 5.32 Å². The summed E-state index contributed by atoms with van der Waals surface area (Å²) in [6.07, 6.45) is 1.18. The van der Waals surface area contributed by atoms with Crippen molar-refractivity contribution in [2.75, 3.05) is 6.54 Å². The number of rotatable bonds is 5. The molecule has 0 aromatic heterocycles. The molecule has 0 heterocycles. The molecule has 0 fully saturated rings. The number of halogens is 2. The Hall–Kier alpha value is -0.140. The molecule has 0 spiro atoms. The third-order valence-electron chi connectivity index (χ3n) is 2.26. The van der Waals surface area contributed by atoms with E-state index in [2.05, 4.69) is 43.8 Å². The molecule has 3 nitrogen and oxygen atoms in total. The van der Waals surface area contributed by atoms with Gasteiger partial charge in [-0.25, -0.2) is 0 Å². The summed E-state index contributed by atoms with van der Waals surface area (Å²) in [4.78, 5) is 11.9. The predicted molar refractivity (Wildman–Crippen MR) is 80.1 cm³/mol. The first-order valence-electron chi connectivity index (χ1n) is 5.42. The van der Waals surface area contributed by atoms with Crippen molar-refractivity contribution in [1.29, 1.82) is 0 Å². The highest BCUT2D eigenvalue weighted by Gasteiger charge is 2.09. The van der Waals surface area contributed by atoms with E-state index in [0.29, 0.717) is 18.5 Å². The summed E-state index contributed by atoms with van der Waals surface area (Å²) in [5.74, 6) is -0.0824. The van der Waals surface area contributed by atoms with Crippen LogP contribution < -0.4 is 5.32 Å². The second kappa shape index (κ2) is 7.33. The van der Waals surface area contributed by atoms with Crippen LogP contribution in [0.3, 0.4) is 0 Å². The standard InChI is InChI=1S/C12H15BrINO2/c1-8(16)3-2-6-15-12(17)10-7-9(14)4-5-11(10)13/h4-5,7-8,16H,2-3,6H2,1H3,(H,15,17). The third-order valence-corrected chi connectivity index (χ3v) is 3.62. The summed E-state index contributed by atoms with van der Waals surface area (Å²) in [6.45, 7) is 2.33. The van der Waals surface area contributed by atoms with Crippen molar-refractivity contribution in [3.63, 3.8) is 0 Å². The Labute approximate surface area is 123 Å². The number of carbonyl (C=O) groups is 1. The lowest BCUT2D eigenvalue weighted by Gasteiger charge is -2.08. The van der Waals surface area contributed by atoms with Crippen LogP contribution in [0.15, 0.2) is 22.7 Å². The van der Waals surface area contributed by atoms with Gasteiger partial charge in [0.25, 0.3) is 5.91 Å². The Kier molecular flexibility index (Phi) is 6.43. The van der Waals surface area contributed by atoms with Crippen molar-refractivity contribution in [3.8, 4) is 0 Å². The van der Waals surface area contributed by atoms with E-state index in [1.165, 1.54) is 0 Å². The van der Waals surface area contributed by atoms with E-state index in [9.17, 15) is 4.79 Å². The summed E-state index contributed by atoms with van der Waals surface area (Å²) in [7, 11) is 0. The summed E-state index contributed by atoms with van der Waals surface area (Å²) in [5.41, 5.74) is 0.647. The van der Waals surface area contributed by atoms with Crippen molar-refractivity contribution in [2.24, 2.45) is 0 Å². The summed E-state index contributed by atoms with van der Waals surface area (Å²) in [5, 5.41) is 11.9. The Morgan fingerprint density at radius 1 is 1.59 bits per heavy atom. The van der Waals surface area contributed by atoms with Crippen LogP contribution in [0, 0.1) is 3.57 Å². The molecular weight excluding hydrogens is 397 g/mol. The minimum absolute atomic E-state index is 0.0824. The van der Waals surface area contributed by atoms with E-state index in [1.807, 2.05) is 18.2 Å². The highest BCUT2D eigenvalue weighted by molar-refractivity contribution is 14.1. The molecule has 1 amide bonds. The quantitative estimate of drug-likeness (QED) is 0.578. The van der Waals surface area contributed by atoms with Crippen molar-refractivity contribution in [2.45, 2.75) is 25.9 Å². The number of aliphatic hydroxyl groups excluding tert-OH is 1. The fourth-order valence-electron chi connectivity index (χ4n) is 1.37. The topological polar surface area (TPSA) is 49.3 Å². The summed E-state index contributed by atoms with van der Waals surface area (Å²) in [6, 6.07) is 5.65. The van der Waals surface area contributed by atoms with Gasteiger partial charge < -0.3 is 10.4 Å². The zero-order valence-electron chi connectivity index (χ0n) is 9.54. The van der Waals surface area contributed by atoms with Gasteiger partial charge in [0.05, 0.1) is 11.7 Å². The second-order valence-corrected chi connectivity index (χ2v) is 5.97. The van der Waals surface area contributed by atoms with Gasteiger partial charge in [-0.15, -0.1) is 0 Å². The number of hydrogen-bond acceptors (Lipinski definition) is 2. The normalized spacial score (nSPS) is 12.2. The Morgan fingerprint density at radius 2 is 2.29 bits per heavy atom. The largest absolute Gasteiger partial charge is 0.393 e. The molecule has 1 aromatic carbocycles. The first-order valence-corrected chi connectivity index (χ1v) is 7.29. The van der Waals surface area contributed by atoms with Crippen LogP contribution in [0.5, 0.6) is 0 Å². The van der Waals surface area contributed by atoms with Gasteiger partial charge in [-0.2, -0.15) is 0 Å². The van der Waals surface area contributed by atoms with Gasteiger partial charge in [0.2, 0.25) is 0 Å². The van der Waals surface area contributed by atoms with Gasteiger partial charge in [0.1, 0.15) is 0 Å². The molecule has 94 valence electrons. The maximum absolute atomic E-state index is 11.9. The Morgan fingerprint density at radius 3 is 2.94 bits per heavy atom. The molecule has 2 N–H and O–H groups in total. The van der Waals surface area contributed by atoms with Crippen LogP contribution >= 0.6 is 38.5 Å². The Bertz CT molecular complexity index is 396. The fourth-order valence-corrected chi connectivity index (χ4v) is 2.28. The van der Waals surface area contributed by atoms with Gasteiger partial charge in [-0.1, -0.05) is 0 Å².